The monoisotopic (exact) mass is 335 g/mol. The van der Waals surface area contributed by atoms with E-state index in [0.717, 1.165) is 10.5 Å². The number of alkyl halides is 3. The standard InChI is InChI=1S/C14H13ClF3NO3/c1-7-2-3-8(4-11(7)15)12(20)19-5-9(13(21)22)10(6-19)14(16,17)18/h2-4,9-10H,5-6H2,1H3,(H,21,22)/t9-,10-/m1/s1. The van der Waals surface area contributed by atoms with Gasteiger partial charge in [0.15, 0.2) is 0 Å². The molecule has 1 amide bonds. The average molecular weight is 336 g/mol. The highest BCUT2D eigenvalue weighted by Gasteiger charge is 2.53. The third-order valence-electron chi connectivity index (χ3n) is 3.76. The molecule has 0 radical (unpaired) electrons. The highest BCUT2D eigenvalue weighted by atomic mass is 35.5. The van der Waals surface area contributed by atoms with Crippen molar-refractivity contribution in [1.82, 2.24) is 4.90 Å². The Kier molecular flexibility index (Phi) is 4.37. The van der Waals surface area contributed by atoms with Crippen LogP contribution in [0.3, 0.4) is 0 Å². The minimum atomic E-state index is -4.66. The number of aliphatic carboxylic acids is 1. The average Bonchev–Trinajstić information content (AvgIpc) is 2.86. The van der Waals surface area contributed by atoms with Gasteiger partial charge in [0, 0.05) is 23.7 Å². The van der Waals surface area contributed by atoms with E-state index >= 15 is 0 Å². The Bertz CT molecular complexity index is 618. The lowest BCUT2D eigenvalue weighted by Crippen LogP contribution is -2.34. The van der Waals surface area contributed by atoms with Crippen LogP contribution >= 0.6 is 11.6 Å². The number of carbonyl (C=O) groups is 2. The molecule has 1 saturated heterocycles. The van der Waals surface area contributed by atoms with Gasteiger partial charge in [-0.2, -0.15) is 13.2 Å². The van der Waals surface area contributed by atoms with Crippen LogP contribution in [0.5, 0.6) is 0 Å². The molecule has 1 aliphatic rings. The number of halogens is 4. The summed E-state index contributed by atoms with van der Waals surface area (Å²) in [5.74, 6) is -5.92. The summed E-state index contributed by atoms with van der Waals surface area (Å²) in [4.78, 5) is 24.2. The molecule has 4 nitrogen and oxygen atoms in total. The van der Waals surface area contributed by atoms with E-state index in [0.29, 0.717) is 5.02 Å². The lowest BCUT2D eigenvalue weighted by atomic mass is 9.96. The SMILES string of the molecule is Cc1ccc(C(=O)N2C[C@@H](C(F)(F)F)[C@H](C(=O)O)C2)cc1Cl. The number of nitrogens with zero attached hydrogens (tertiary/aromatic N) is 1. The normalized spacial score (nSPS) is 22.0. The van der Waals surface area contributed by atoms with E-state index in [4.69, 9.17) is 16.7 Å². The molecule has 2 atom stereocenters. The Labute approximate surface area is 129 Å². The topological polar surface area (TPSA) is 57.6 Å². The van der Waals surface area contributed by atoms with Crippen molar-refractivity contribution in [3.05, 3.63) is 34.3 Å². The number of rotatable bonds is 2. The van der Waals surface area contributed by atoms with Gasteiger partial charge in [-0.25, -0.2) is 0 Å². The second-order valence-electron chi connectivity index (χ2n) is 5.27. The summed E-state index contributed by atoms with van der Waals surface area (Å²) < 4.78 is 38.7. The van der Waals surface area contributed by atoms with Crippen LogP contribution in [0.15, 0.2) is 18.2 Å². The largest absolute Gasteiger partial charge is 0.481 e. The van der Waals surface area contributed by atoms with Gasteiger partial charge >= 0.3 is 12.1 Å². The number of amides is 1. The molecule has 0 unspecified atom stereocenters. The first-order chi connectivity index (χ1) is 10.1. The molecule has 1 aromatic rings. The Balaban J connectivity index is 2.24. The summed E-state index contributed by atoms with van der Waals surface area (Å²) in [6.07, 6.45) is -4.66. The van der Waals surface area contributed by atoms with Gasteiger partial charge in [-0.1, -0.05) is 17.7 Å². The Hall–Kier alpha value is -1.76. The van der Waals surface area contributed by atoms with Gasteiger partial charge in [0.2, 0.25) is 0 Å². The molecule has 1 N–H and O–H groups in total. The number of carbonyl (C=O) groups excluding carboxylic acids is 1. The first-order valence-electron chi connectivity index (χ1n) is 6.46. The quantitative estimate of drug-likeness (QED) is 0.904. The third-order valence-corrected chi connectivity index (χ3v) is 4.17. The van der Waals surface area contributed by atoms with Crippen molar-refractivity contribution in [3.8, 4) is 0 Å². The Morgan fingerprint density at radius 1 is 1.32 bits per heavy atom. The Morgan fingerprint density at radius 2 is 1.95 bits per heavy atom. The van der Waals surface area contributed by atoms with Crippen molar-refractivity contribution in [3.63, 3.8) is 0 Å². The minimum Gasteiger partial charge on any atom is -0.481 e. The van der Waals surface area contributed by atoms with Crippen molar-refractivity contribution in [2.75, 3.05) is 13.1 Å². The fraction of sp³-hybridized carbons (Fsp3) is 0.429. The number of hydrogen-bond donors (Lipinski definition) is 1. The predicted molar refractivity (Wildman–Crippen MR) is 72.8 cm³/mol. The maximum absolute atomic E-state index is 12.9. The van der Waals surface area contributed by atoms with Crippen LogP contribution in [-0.4, -0.2) is 41.1 Å². The summed E-state index contributed by atoms with van der Waals surface area (Å²) in [6.45, 7) is 0.598. The number of hydrogen-bond acceptors (Lipinski definition) is 2. The molecule has 1 aromatic carbocycles. The lowest BCUT2D eigenvalue weighted by Gasteiger charge is -2.18. The molecule has 8 heteroatoms. The fourth-order valence-corrected chi connectivity index (χ4v) is 2.64. The van der Waals surface area contributed by atoms with Crippen LogP contribution in [0.2, 0.25) is 5.02 Å². The van der Waals surface area contributed by atoms with Gasteiger partial charge in [-0.3, -0.25) is 9.59 Å². The van der Waals surface area contributed by atoms with Crippen molar-refractivity contribution in [2.24, 2.45) is 11.8 Å². The molecule has 0 bridgehead atoms. The zero-order valence-corrected chi connectivity index (χ0v) is 12.3. The second kappa shape index (κ2) is 5.79. The number of benzene rings is 1. The summed E-state index contributed by atoms with van der Waals surface area (Å²) in [5.41, 5.74) is 0.874. The summed E-state index contributed by atoms with van der Waals surface area (Å²) in [6, 6.07) is 4.41. The van der Waals surface area contributed by atoms with Gasteiger partial charge in [0.25, 0.3) is 5.91 Å². The van der Waals surface area contributed by atoms with E-state index in [-0.39, 0.29) is 5.56 Å². The van der Waals surface area contributed by atoms with E-state index < -0.39 is 43.0 Å². The van der Waals surface area contributed by atoms with Crippen molar-refractivity contribution in [1.29, 1.82) is 0 Å². The van der Waals surface area contributed by atoms with Gasteiger partial charge in [-0.05, 0) is 24.6 Å². The third kappa shape index (κ3) is 3.19. The molecular weight excluding hydrogens is 323 g/mol. The summed E-state index contributed by atoms with van der Waals surface area (Å²) in [7, 11) is 0. The highest BCUT2D eigenvalue weighted by Crippen LogP contribution is 2.38. The van der Waals surface area contributed by atoms with Crippen molar-refractivity contribution in [2.45, 2.75) is 13.1 Å². The predicted octanol–water partition coefficient (Wildman–Crippen LogP) is 2.98. The van der Waals surface area contributed by atoms with E-state index in [1.807, 2.05) is 0 Å². The molecule has 0 spiro atoms. The van der Waals surface area contributed by atoms with Crippen LogP contribution < -0.4 is 0 Å². The molecule has 0 aromatic heterocycles. The maximum Gasteiger partial charge on any atom is 0.394 e. The molecule has 1 aliphatic heterocycles. The molecule has 0 aliphatic carbocycles. The highest BCUT2D eigenvalue weighted by molar-refractivity contribution is 6.31. The molecule has 1 heterocycles. The van der Waals surface area contributed by atoms with Gasteiger partial charge in [0.05, 0.1) is 11.8 Å². The minimum absolute atomic E-state index is 0.141. The van der Waals surface area contributed by atoms with Crippen LogP contribution in [0.4, 0.5) is 13.2 Å². The van der Waals surface area contributed by atoms with Gasteiger partial charge < -0.3 is 10.0 Å². The molecular formula is C14H13ClF3NO3. The van der Waals surface area contributed by atoms with Crippen molar-refractivity contribution >= 4 is 23.5 Å². The van der Waals surface area contributed by atoms with Gasteiger partial charge in [0.1, 0.15) is 0 Å². The van der Waals surface area contributed by atoms with E-state index in [1.165, 1.54) is 12.1 Å². The maximum atomic E-state index is 12.9. The molecule has 0 saturated carbocycles. The van der Waals surface area contributed by atoms with E-state index in [9.17, 15) is 22.8 Å². The zero-order valence-electron chi connectivity index (χ0n) is 11.5. The first kappa shape index (κ1) is 16.6. The van der Waals surface area contributed by atoms with E-state index in [2.05, 4.69) is 0 Å². The van der Waals surface area contributed by atoms with Crippen LogP contribution in [0, 0.1) is 18.8 Å². The molecule has 1 fully saturated rings. The number of aryl methyl sites for hydroxylation is 1. The smallest absolute Gasteiger partial charge is 0.394 e. The van der Waals surface area contributed by atoms with Crippen molar-refractivity contribution < 1.29 is 27.9 Å². The van der Waals surface area contributed by atoms with Crippen LogP contribution in [0.1, 0.15) is 15.9 Å². The first-order valence-corrected chi connectivity index (χ1v) is 6.84. The van der Waals surface area contributed by atoms with Crippen LogP contribution in [0.25, 0.3) is 0 Å². The number of likely N-dealkylation sites (tertiary alicyclic amines) is 1. The summed E-state index contributed by atoms with van der Waals surface area (Å²) >= 11 is 5.90. The second-order valence-corrected chi connectivity index (χ2v) is 5.67. The zero-order chi connectivity index (χ0) is 16.7. The van der Waals surface area contributed by atoms with E-state index in [1.54, 1.807) is 13.0 Å². The summed E-state index contributed by atoms with van der Waals surface area (Å²) in [5, 5.41) is 9.26. The Morgan fingerprint density at radius 3 is 2.41 bits per heavy atom. The van der Waals surface area contributed by atoms with Gasteiger partial charge in [-0.15, -0.1) is 0 Å². The molecule has 2 rings (SSSR count). The molecule has 120 valence electrons. The number of carboxylic acids is 1. The van der Waals surface area contributed by atoms with Crippen LogP contribution in [-0.2, 0) is 4.79 Å². The number of carboxylic acid groups (broad SMARTS) is 1. The molecule has 22 heavy (non-hydrogen) atoms. The fourth-order valence-electron chi connectivity index (χ4n) is 2.46. The lowest BCUT2D eigenvalue weighted by molar-refractivity contribution is -0.187.